The summed E-state index contributed by atoms with van der Waals surface area (Å²) in [7, 11) is 0. The fraction of sp³-hybridized carbons (Fsp3) is 0.529. The second-order valence-electron chi connectivity index (χ2n) is 5.64. The highest BCUT2D eigenvalue weighted by atomic mass is 16.7. The highest BCUT2D eigenvalue weighted by Gasteiger charge is 2.48. The molecule has 1 aromatic rings. The van der Waals surface area contributed by atoms with Gasteiger partial charge in [-0.15, -0.1) is 0 Å². The number of carbonyl (C=O) groups is 2. The van der Waals surface area contributed by atoms with Crippen molar-refractivity contribution >= 4 is 11.9 Å². The predicted molar refractivity (Wildman–Crippen MR) is 82.7 cm³/mol. The van der Waals surface area contributed by atoms with E-state index in [1.54, 1.807) is 6.92 Å². The minimum absolute atomic E-state index is 0.185. The quantitative estimate of drug-likeness (QED) is 0.806. The number of benzene rings is 1. The molecule has 1 N–H and O–H groups in total. The molecule has 1 aliphatic heterocycles. The van der Waals surface area contributed by atoms with E-state index in [1.165, 1.54) is 13.8 Å². The first-order chi connectivity index (χ1) is 11.4. The van der Waals surface area contributed by atoms with Gasteiger partial charge in [-0.2, -0.15) is 0 Å². The minimum atomic E-state index is -1.31. The normalized spacial score (nSPS) is 29.8. The van der Waals surface area contributed by atoms with Gasteiger partial charge in [0.1, 0.15) is 6.10 Å². The van der Waals surface area contributed by atoms with Gasteiger partial charge in [-0.3, -0.25) is 9.59 Å². The van der Waals surface area contributed by atoms with E-state index < -0.39 is 42.6 Å². The molecule has 0 spiro atoms. The van der Waals surface area contributed by atoms with Crippen LogP contribution in [-0.4, -0.2) is 47.8 Å². The number of esters is 2. The Morgan fingerprint density at radius 2 is 1.62 bits per heavy atom. The summed E-state index contributed by atoms with van der Waals surface area (Å²) in [6, 6.07) is 9.33. The lowest BCUT2D eigenvalue weighted by atomic mass is 9.99. The maximum absolute atomic E-state index is 11.4. The van der Waals surface area contributed by atoms with E-state index in [1.807, 2.05) is 30.3 Å². The van der Waals surface area contributed by atoms with Gasteiger partial charge < -0.3 is 24.1 Å². The average Bonchev–Trinajstić information content (AvgIpc) is 2.51. The fourth-order valence-corrected chi connectivity index (χ4v) is 2.62. The topological polar surface area (TPSA) is 91.3 Å². The molecule has 0 bridgehead atoms. The monoisotopic (exact) mass is 338 g/mol. The number of hydrogen-bond acceptors (Lipinski definition) is 7. The van der Waals surface area contributed by atoms with Crippen molar-refractivity contribution in [2.75, 3.05) is 0 Å². The van der Waals surface area contributed by atoms with E-state index >= 15 is 0 Å². The Kier molecular flexibility index (Phi) is 6.30. The molecule has 7 heteroatoms. The maximum Gasteiger partial charge on any atom is 0.303 e. The molecule has 1 aliphatic rings. The van der Waals surface area contributed by atoms with Crippen molar-refractivity contribution in [2.24, 2.45) is 0 Å². The van der Waals surface area contributed by atoms with E-state index in [9.17, 15) is 14.7 Å². The molecule has 1 aromatic carbocycles. The van der Waals surface area contributed by atoms with Crippen LogP contribution in [0.5, 0.6) is 0 Å². The Labute approximate surface area is 140 Å². The van der Waals surface area contributed by atoms with Gasteiger partial charge in [0.2, 0.25) is 0 Å². The largest absolute Gasteiger partial charge is 0.456 e. The van der Waals surface area contributed by atoms with Crippen LogP contribution in [0, 0.1) is 0 Å². The second-order valence-corrected chi connectivity index (χ2v) is 5.64. The summed E-state index contributed by atoms with van der Waals surface area (Å²) < 4.78 is 21.6. The standard InChI is InChI=1S/C17H22O7/c1-10-14(23-11(2)18)15(24-12(3)19)16(17(20)22-10)21-9-13-7-5-4-6-8-13/h4-8,10,14-17,20H,9H2,1-3H3/t10-,14+,15+,16-,17+/m0/s1. The fourth-order valence-electron chi connectivity index (χ4n) is 2.62. The van der Waals surface area contributed by atoms with Crippen molar-refractivity contribution < 1.29 is 33.6 Å². The molecule has 1 fully saturated rings. The number of aliphatic hydroxyl groups is 1. The van der Waals surface area contributed by atoms with Crippen molar-refractivity contribution in [1.29, 1.82) is 0 Å². The zero-order valence-corrected chi connectivity index (χ0v) is 13.9. The summed E-state index contributed by atoms with van der Waals surface area (Å²) in [4.78, 5) is 22.8. The molecule has 0 radical (unpaired) electrons. The van der Waals surface area contributed by atoms with Crippen molar-refractivity contribution in [3.05, 3.63) is 35.9 Å². The Bertz CT molecular complexity index is 559. The van der Waals surface area contributed by atoms with Crippen LogP contribution in [0.4, 0.5) is 0 Å². The van der Waals surface area contributed by atoms with E-state index in [-0.39, 0.29) is 6.61 Å². The third kappa shape index (κ3) is 4.77. The smallest absolute Gasteiger partial charge is 0.303 e. The maximum atomic E-state index is 11.4. The lowest BCUT2D eigenvalue weighted by Gasteiger charge is -2.42. The van der Waals surface area contributed by atoms with E-state index in [4.69, 9.17) is 18.9 Å². The average molecular weight is 338 g/mol. The molecule has 24 heavy (non-hydrogen) atoms. The lowest BCUT2D eigenvalue weighted by molar-refractivity contribution is -0.295. The van der Waals surface area contributed by atoms with Crippen molar-refractivity contribution in [2.45, 2.75) is 58.1 Å². The summed E-state index contributed by atoms with van der Waals surface area (Å²) in [6.45, 7) is 4.31. The number of hydrogen-bond donors (Lipinski definition) is 1. The first-order valence-electron chi connectivity index (χ1n) is 7.72. The first-order valence-corrected chi connectivity index (χ1v) is 7.72. The molecule has 0 amide bonds. The Hall–Kier alpha value is -1.96. The van der Waals surface area contributed by atoms with Gasteiger partial charge in [0.25, 0.3) is 0 Å². The second kappa shape index (κ2) is 8.23. The van der Waals surface area contributed by atoms with Crippen LogP contribution in [0.1, 0.15) is 26.3 Å². The summed E-state index contributed by atoms with van der Waals surface area (Å²) in [5.74, 6) is -1.10. The van der Waals surface area contributed by atoms with Gasteiger partial charge >= 0.3 is 11.9 Å². The Morgan fingerprint density at radius 1 is 1.04 bits per heavy atom. The molecule has 2 rings (SSSR count). The third-order valence-corrected chi connectivity index (χ3v) is 3.63. The van der Waals surface area contributed by atoms with Crippen LogP contribution in [0.25, 0.3) is 0 Å². The van der Waals surface area contributed by atoms with Gasteiger partial charge in [0.05, 0.1) is 12.7 Å². The molecule has 0 saturated carbocycles. The van der Waals surface area contributed by atoms with Gasteiger partial charge in [-0.25, -0.2) is 0 Å². The summed E-state index contributed by atoms with van der Waals surface area (Å²) in [5.41, 5.74) is 0.883. The Morgan fingerprint density at radius 3 is 2.21 bits per heavy atom. The molecular formula is C17H22O7. The van der Waals surface area contributed by atoms with Crippen LogP contribution < -0.4 is 0 Å². The van der Waals surface area contributed by atoms with Crippen molar-refractivity contribution in [1.82, 2.24) is 0 Å². The lowest BCUT2D eigenvalue weighted by Crippen LogP contribution is -2.60. The number of carbonyl (C=O) groups excluding carboxylic acids is 2. The van der Waals surface area contributed by atoms with Crippen molar-refractivity contribution in [3.63, 3.8) is 0 Å². The predicted octanol–water partition coefficient (Wildman–Crippen LogP) is 1.17. The van der Waals surface area contributed by atoms with E-state index in [2.05, 4.69) is 0 Å². The van der Waals surface area contributed by atoms with Crippen LogP contribution >= 0.6 is 0 Å². The van der Waals surface area contributed by atoms with E-state index in [0.29, 0.717) is 0 Å². The molecule has 0 aromatic heterocycles. The number of rotatable bonds is 5. The molecule has 1 saturated heterocycles. The molecule has 5 atom stereocenters. The van der Waals surface area contributed by atoms with Crippen molar-refractivity contribution in [3.8, 4) is 0 Å². The molecule has 7 nitrogen and oxygen atoms in total. The number of ether oxygens (including phenoxy) is 4. The van der Waals surface area contributed by atoms with Crippen LogP contribution in [0.3, 0.4) is 0 Å². The van der Waals surface area contributed by atoms with Gasteiger partial charge in [-0.1, -0.05) is 30.3 Å². The summed E-state index contributed by atoms with van der Waals surface area (Å²) >= 11 is 0. The molecule has 1 heterocycles. The highest BCUT2D eigenvalue weighted by molar-refractivity contribution is 5.67. The van der Waals surface area contributed by atoms with Gasteiger partial charge in [-0.05, 0) is 12.5 Å². The van der Waals surface area contributed by atoms with Gasteiger partial charge in [0, 0.05) is 13.8 Å². The highest BCUT2D eigenvalue weighted by Crippen LogP contribution is 2.28. The zero-order chi connectivity index (χ0) is 17.7. The van der Waals surface area contributed by atoms with Crippen LogP contribution in [0.2, 0.25) is 0 Å². The van der Waals surface area contributed by atoms with Crippen LogP contribution in [0.15, 0.2) is 30.3 Å². The zero-order valence-electron chi connectivity index (χ0n) is 13.9. The molecule has 0 aliphatic carbocycles. The third-order valence-electron chi connectivity index (χ3n) is 3.63. The molecule has 132 valence electrons. The minimum Gasteiger partial charge on any atom is -0.456 e. The van der Waals surface area contributed by atoms with Gasteiger partial charge in [0.15, 0.2) is 18.5 Å². The van der Waals surface area contributed by atoms with E-state index in [0.717, 1.165) is 5.56 Å². The Balaban J connectivity index is 2.16. The first kappa shape index (κ1) is 18.4. The number of aliphatic hydroxyl groups excluding tert-OH is 1. The molecule has 0 unspecified atom stereocenters. The summed E-state index contributed by atoms with van der Waals surface area (Å²) in [5, 5.41) is 10.2. The molecular weight excluding hydrogens is 316 g/mol. The van der Waals surface area contributed by atoms with Crippen LogP contribution in [-0.2, 0) is 35.1 Å². The summed E-state index contributed by atoms with van der Waals surface area (Å²) in [6.07, 6.45) is -4.76. The SMILES string of the molecule is CC(=O)O[C@@H]1[C@H](OC(C)=O)[C@H](C)O[C@@H](O)[C@H]1OCc1ccccc1.